The minimum atomic E-state index is -4.70. The van der Waals surface area contributed by atoms with Crippen molar-refractivity contribution in [3.63, 3.8) is 0 Å². The van der Waals surface area contributed by atoms with Gasteiger partial charge >= 0.3 is 25.3 Å². The van der Waals surface area contributed by atoms with Crippen molar-refractivity contribution in [2.45, 2.75) is 186 Å². The summed E-state index contributed by atoms with van der Waals surface area (Å²) in [6.07, 6.45) is 0. The van der Waals surface area contributed by atoms with E-state index in [2.05, 4.69) is 125 Å². The fourth-order valence-corrected chi connectivity index (χ4v) is 20.2. The molecule has 0 bridgehead atoms. The van der Waals surface area contributed by atoms with Gasteiger partial charge in [0.2, 0.25) is 0 Å². The monoisotopic (exact) mass is 1040 g/mol. The van der Waals surface area contributed by atoms with Crippen LogP contribution in [0.3, 0.4) is 0 Å². The second kappa shape index (κ2) is 19.6. The van der Waals surface area contributed by atoms with Crippen molar-refractivity contribution in [3.05, 3.63) is 179 Å². The summed E-state index contributed by atoms with van der Waals surface area (Å²) in [4.78, 5) is 4.01. The summed E-state index contributed by atoms with van der Waals surface area (Å²) in [7, 11) is -15.6. The lowest BCUT2D eigenvalue weighted by Crippen LogP contribution is -2.21. The summed E-state index contributed by atoms with van der Waals surface area (Å²) >= 11 is 0. The van der Waals surface area contributed by atoms with Gasteiger partial charge in [0.25, 0.3) is 0 Å². The summed E-state index contributed by atoms with van der Waals surface area (Å²) < 4.78 is 70.2. The number of hydrogen-bond donors (Lipinski definition) is 2. The second-order valence-electron chi connectivity index (χ2n) is 25.2. The molecule has 2 atom stereocenters. The van der Waals surface area contributed by atoms with E-state index in [1.165, 1.54) is 0 Å². The second-order valence-corrected chi connectivity index (χ2v) is 34.6. The molecule has 71 heavy (non-hydrogen) atoms. The Morgan fingerprint density at radius 3 is 0.521 bits per heavy atom. The van der Waals surface area contributed by atoms with Crippen LogP contribution in [0.15, 0.2) is 175 Å². The summed E-state index contributed by atoms with van der Waals surface area (Å²) in [6.45, 7) is 38.6. The average Bonchev–Trinajstić information content (AvgIpc) is 3.25. The predicted molar refractivity (Wildman–Crippen MR) is 303 cm³/mol. The molecule has 6 aromatic rings. The lowest BCUT2D eigenvalue weighted by atomic mass is 9.87. The summed E-state index contributed by atoms with van der Waals surface area (Å²) in [5, 5.41) is -1.22. The van der Waals surface area contributed by atoms with E-state index in [-0.39, 0.29) is 32.5 Å². The molecule has 2 unspecified atom stereocenters. The standard InChI is InChI=1S/C61H80O6S4/c1-56(2,3)44-19-31-50(32-20-44)70(51-33-21-45(22-34-51)57(4,5)6,52-35-23-46(24-36-52)58(7,8)9)66-68(62,63)43-69(64,65)67-71(53-37-25-47(26-38-53)59(10,11)12,54-39-27-48(28-40-54)60(13,14)15)55-41-29-49(30-42-55)61(16,17)18/h19-42H,43H2,1-18H3/p+2. The molecule has 0 spiro atoms. The number of rotatable bonds is 10. The van der Waals surface area contributed by atoms with Crippen LogP contribution in [-0.2, 0) is 59.3 Å². The van der Waals surface area contributed by atoms with E-state index < -0.39 is 45.9 Å². The van der Waals surface area contributed by atoms with Crippen LogP contribution in [0.25, 0.3) is 0 Å². The molecule has 0 saturated carbocycles. The van der Waals surface area contributed by atoms with E-state index in [9.17, 15) is 9.11 Å². The van der Waals surface area contributed by atoms with Crippen molar-refractivity contribution in [2.75, 3.05) is 5.08 Å². The topological polar surface area (TPSA) is 97.2 Å². The highest BCUT2D eigenvalue weighted by molar-refractivity contribution is 8.32. The van der Waals surface area contributed by atoms with Gasteiger partial charge in [-0.15, -0.1) is 15.0 Å². The quantitative estimate of drug-likeness (QED) is 0.105. The van der Waals surface area contributed by atoms with Crippen LogP contribution in [0.5, 0.6) is 0 Å². The van der Waals surface area contributed by atoms with Gasteiger partial charge in [0, 0.05) is 0 Å². The zero-order chi connectivity index (χ0) is 53.0. The van der Waals surface area contributed by atoms with Gasteiger partial charge < -0.3 is 0 Å². The summed E-state index contributed by atoms with van der Waals surface area (Å²) in [5.74, 6) is 0. The molecule has 0 aliphatic heterocycles. The Kier molecular flexibility index (Phi) is 15.5. The van der Waals surface area contributed by atoms with Gasteiger partial charge in [0.15, 0.2) is 20.6 Å². The molecular formula is C61H82O6S4+2. The van der Waals surface area contributed by atoms with Crippen LogP contribution >= 0.6 is 20.6 Å². The maximum absolute atomic E-state index is 15.5. The van der Waals surface area contributed by atoms with Gasteiger partial charge in [-0.05, 0) is 139 Å². The molecule has 10 heteroatoms. The van der Waals surface area contributed by atoms with Crippen molar-refractivity contribution in [2.24, 2.45) is 0 Å². The highest BCUT2D eigenvalue weighted by atomic mass is 32.3. The maximum Gasteiger partial charge on any atom is 0.445 e. The van der Waals surface area contributed by atoms with Crippen molar-refractivity contribution in [1.29, 1.82) is 0 Å². The van der Waals surface area contributed by atoms with E-state index in [1.807, 2.05) is 146 Å². The Morgan fingerprint density at radius 1 is 0.282 bits per heavy atom. The third-order valence-corrected chi connectivity index (χ3v) is 24.4. The molecule has 6 rings (SSSR count). The Hall–Kier alpha value is -4.16. The summed E-state index contributed by atoms with van der Waals surface area (Å²) in [5.41, 5.74) is 5.44. The van der Waals surface area contributed by atoms with E-state index in [1.54, 1.807) is 0 Å². The summed E-state index contributed by atoms with van der Waals surface area (Å²) in [6, 6.07) is 48.3. The Labute approximate surface area is 432 Å². The van der Waals surface area contributed by atoms with Crippen molar-refractivity contribution >= 4 is 40.9 Å². The van der Waals surface area contributed by atoms with Gasteiger partial charge in [-0.1, -0.05) is 197 Å². The first kappa shape index (κ1) is 56.1. The first-order valence-electron chi connectivity index (χ1n) is 24.6. The third-order valence-electron chi connectivity index (χ3n) is 13.0. The molecule has 0 heterocycles. The van der Waals surface area contributed by atoms with Gasteiger partial charge in [0.1, 0.15) is 0 Å². The third kappa shape index (κ3) is 12.6. The zero-order valence-electron chi connectivity index (χ0n) is 45.7. The molecule has 2 N–H and O–H groups in total. The minimum Gasteiger partial charge on any atom is -0.244 e. The average molecular weight is 1040 g/mol. The molecule has 0 fully saturated rings. The van der Waals surface area contributed by atoms with E-state index in [0.29, 0.717) is 29.4 Å². The molecular weight excluding hydrogens is 957 g/mol. The lowest BCUT2D eigenvalue weighted by Gasteiger charge is -2.29. The van der Waals surface area contributed by atoms with Crippen LogP contribution in [0.2, 0.25) is 0 Å². The van der Waals surface area contributed by atoms with Crippen LogP contribution in [0.4, 0.5) is 0 Å². The molecule has 6 nitrogen and oxygen atoms in total. The fraction of sp³-hybridized carbons (Fsp3) is 0.410. The van der Waals surface area contributed by atoms with Crippen molar-refractivity contribution < 1.29 is 24.1 Å². The van der Waals surface area contributed by atoms with Gasteiger partial charge in [0.05, 0.1) is 29.4 Å². The van der Waals surface area contributed by atoms with Gasteiger partial charge in [-0.25, -0.2) is 9.11 Å². The largest absolute Gasteiger partial charge is 0.445 e. The molecule has 384 valence electrons. The zero-order valence-corrected chi connectivity index (χ0v) is 49.0. The van der Waals surface area contributed by atoms with E-state index >= 15 is 8.42 Å². The van der Waals surface area contributed by atoms with Gasteiger partial charge in [-0.2, -0.15) is 0 Å². The Bertz CT molecular complexity index is 2570. The van der Waals surface area contributed by atoms with Crippen LogP contribution in [-0.4, -0.2) is 22.6 Å². The molecule has 0 aromatic heterocycles. The normalized spacial score (nSPS) is 15.6. The highest BCUT2D eigenvalue weighted by Crippen LogP contribution is 2.70. The smallest absolute Gasteiger partial charge is 0.244 e. The van der Waals surface area contributed by atoms with Crippen LogP contribution < -0.4 is 0 Å². The van der Waals surface area contributed by atoms with E-state index in [4.69, 9.17) is 6.57 Å². The number of hydrogen-bond acceptors (Lipinski definition) is 2. The highest BCUT2D eigenvalue weighted by Gasteiger charge is 2.51. The molecule has 0 saturated heterocycles. The first-order chi connectivity index (χ1) is 32.4. The fourth-order valence-electron chi connectivity index (χ4n) is 8.48. The lowest BCUT2D eigenvalue weighted by molar-refractivity contribution is 0.344. The van der Waals surface area contributed by atoms with Crippen molar-refractivity contribution in [3.8, 4) is 0 Å². The molecule has 0 aliphatic carbocycles. The van der Waals surface area contributed by atoms with Crippen LogP contribution in [0.1, 0.15) is 158 Å². The molecule has 0 radical (unpaired) electrons. The van der Waals surface area contributed by atoms with Gasteiger partial charge in [-0.3, -0.25) is 0 Å². The van der Waals surface area contributed by atoms with Crippen molar-refractivity contribution in [1.82, 2.24) is 0 Å². The molecule has 6 aromatic carbocycles. The van der Waals surface area contributed by atoms with Crippen LogP contribution in [0, 0.1) is 0 Å². The minimum absolute atomic E-state index is 0.174. The molecule has 0 aliphatic rings. The first-order valence-corrected chi connectivity index (χ1v) is 30.9. The molecule has 0 amide bonds. The predicted octanol–water partition coefficient (Wildman–Crippen LogP) is 17.8. The number of benzene rings is 6. The maximum atomic E-state index is 15.5. The Balaban J connectivity index is 1.72. The Morgan fingerprint density at radius 2 is 0.408 bits per heavy atom. The SMILES string of the molecule is CC(C)(C)c1ccc(S([O+]=S(=O)(O)CS(=O)(O)=[O+]S(c2ccc(C(C)(C)C)cc2)(c2ccc(C(C)(C)C)cc2)c2ccc(C(C)(C)C)cc2)(c2ccc(C(C)(C)C)cc2)c2ccc(C(C)(C)C)cc2)cc1. The van der Waals surface area contributed by atoms with E-state index in [0.717, 1.165) is 33.4 Å².